The van der Waals surface area contributed by atoms with Crippen LogP contribution in [0.2, 0.25) is 0 Å². The van der Waals surface area contributed by atoms with Gasteiger partial charge in [0.2, 0.25) is 11.8 Å². The minimum Gasteiger partial charge on any atom is -0.462 e. The Morgan fingerprint density at radius 3 is 2.54 bits per heavy atom. The molecule has 3 heterocycles. The second-order valence-electron chi connectivity index (χ2n) is 10.3. The van der Waals surface area contributed by atoms with Crippen LogP contribution in [0.4, 0.5) is 0 Å². The number of ether oxygens (including phenoxy) is 1. The third-order valence-electron chi connectivity index (χ3n) is 6.99. The molecule has 2 saturated heterocycles. The van der Waals surface area contributed by atoms with Gasteiger partial charge in [0.15, 0.2) is 12.4 Å². The number of carbonyl (C=O) groups is 4. The van der Waals surface area contributed by atoms with Crippen LogP contribution in [0.15, 0.2) is 67.0 Å². The van der Waals surface area contributed by atoms with Crippen molar-refractivity contribution >= 4 is 46.2 Å². The number of aromatic nitrogens is 1. The number of amides is 3. The number of rotatable bonds is 8. The third-order valence-corrected chi connectivity index (χ3v) is 8.56. The molecule has 5 rings (SSSR count). The van der Waals surface area contributed by atoms with Crippen molar-refractivity contribution in [2.24, 2.45) is 7.05 Å². The van der Waals surface area contributed by atoms with Gasteiger partial charge >= 0.3 is 5.97 Å². The molecular weight excluding hydrogens is 516 g/mol. The number of thioether (sulfide) groups is 1. The van der Waals surface area contributed by atoms with E-state index < -0.39 is 22.8 Å². The van der Waals surface area contributed by atoms with Crippen LogP contribution in [0, 0.1) is 0 Å². The number of hydrogen-bond donors (Lipinski definition) is 2. The van der Waals surface area contributed by atoms with Crippen molar-refractivity contribution in [2.45, 2.75) is 42.5 Å². The molecule has 0 aliphatic carbocycles. The average molecular weight is 548 g/mol. The summed E-state index contributed by atoms with van der Waals surface area (Å²) in [6.07, 6.45) is 3.88. The van der Waals surface area contributed by atoms with Gasteiger partial charge in [-0.1, -0.05) is 48.5 Å². The first-order valence-corrected chi connectivity index (χ1v) is 13.7. The predicted octanol–water partition coefficient (Wildman–Crippen LogP) is 1.73. The van der Waals surface area contributed by atoms with Gasteiger partial charge in [0.1, 0.15) is 36.7 Å². The Hall–Kier alpha value is -3.92. The van der Waals surface area contributed by atoms with Crippen LogP contribution in [0.5, 0.6) is 0 Å². The zero-order chi connectivity index (χ0) is 27.7. The second kappa shape index (κ2) is 10.7. The summed E-state index contributed by atoms with van der Waals surface area (Å²) in [5, 5.41) is 7.09. The standard InChI is InChI=1S/C29H30N4O5S/c1-29(2)24(33-26(36)23(27(33)39-29)31-22(34)15-18-9-5-4-6-10-18)28(37)38-14-13-30-25(35)21-17-32(3)16-19-11-7-8-12-20(19)21/h4-12,16-17,23-24,27H,13-15H2,1-3H3,(H-,30,31,34,35)/p+1/t23-,24?,27-/m1/s1. The van der Waals surface area contributed by atoms with Crippen LogP contribution in [0.3, 0.4) is 0 Å². The minimum absolute atomic E-state index is 0.0252. The Morgan fingerprint density at radius 1 is 1.05 bits per heavy atom. The number of aryl methyl sites for hydroxylation is 1. The van der Waals surface area contributed by atoms with Crippen LogP contribution < -0.4 is 15.2 Å². The summed E-state index contributed by atoms with van der Waals surface area (Å²) >= 11 is 1.48. The monoisotopic (exact) mass is 547 g/mol. The molecule has 1 unspecified atom stereocenters. The van der Waals surface area contributed by atoms with Gasteiger partial charge in [-0.2, -0.15) is 0 Å². The number of hydrogen-bond acceptors (Lipinski definition) is 6. The topological polar surface area (TPSA) is 109 Å². The number of carbonyl (C=O) groups excluding carboxylic acids is 4. The fraction of sp³-hybridized carbons (Fsp3) is 0.345. The number of fused-ring (bicyclic) bond motifs is 2. The largest absolute Gasteiger partial charge is 0.462 e. The average Bonchev–Trinajstić information content (AvgIpc) is 3.17. The van der Waals surface area contributed by atoms with Gasteiger partial charge in [0, 0.05) is 15.5 Å². The van der Waals surface area contributed by atoms with Gasteiger partial charge in [-0.15, -0.1) is 11.8 Å². The number of esters is 1. The number of nitrogens with one attached hydrogen (secondary N) is 2. The molecule has 2 N–H and O–H groups in total. The highest BCUT2D eigenvalue weighted by atomic mass is 32.2. The first-order chi connectivity index (χ1) is 18.7. The molecule has 3 amide bonds. The fourth-order valence-corrected chi connectivity index (χ4v) is 6.81. The molecule has 0 saturated carbocycles. The summed E-state index contributed by atoms with van der Waals surface area (Å²) in [5.74, 6) is -1.32. The molecule has 2 aliphatic heterocycles. The van der Waals surface area contributed by atoms with Crippen molar-refractivity contribution in [1.29, 1.82) is 0 Å². The van der Waals surface area contributed by atoms with Crippen molar-refractivity contribution in [2.75, 3.05) is 13.2 Å². The lowest BCUT2D eigenvalue weighted by Gasteiger charge is -2.44. The number of benzene rings is 2. The fourth-order valence-electron chi connectivity index (χ4n) is 5.19. The van der Waals surface area contributed by atoms with E-state index in [-0.39, 0.29) is 42.7 Å². The highest BCUT2D eigenvalue weighted by Crippen LogP contribution is 2.51. The quantitative estimate of drug-likeness (QED) is 0.193. The lowest BCUT2D eigenvalue weighted by Crippen LogP contribution is -2.70. The maximum atomic E-state index is 13.1. The summed E-state index contributed by atoms with van der Waals surface area (Å²) in [6.45, 7) is 3.89. The molecule has 202 valence electrons. The van der Waals surface area contributed by atoms with E-state index in [1.807, 2.05) is 86.3 Å². The highest BCUT2D eigenvalue weighted by molar-refractivity contribution is 8.01. The number of β-lactam (4-membered cyclic amide) rings is 1. The van der Waals surface area contributed by atoms with Crippen LogP contribution in [-0.2, 0) is 32.6 Å². The Balaban J connectivity index is 1.15. The SMILES string of the molecule is C[n+]1cc(C(=O)NCCOC(=O)C2N3C(=O)[C@@H](NC(=O)Cc4ccccc4)[C@H]3SC2(C)C)c2ccccc2c1. The summed E-state index contributed by atoms with van der Waals surface area (Å²) in [4.78, 5) is 52.9. The molecule has 2 aliphatic rings. The molecule has 0 spiro atoms. The number of pyridine rings is 1. The van der Waals surface area contributed by atoms with Crippen LogP contribution in [-0.4, -0.2) is 63.9 Å². The van der Waals surface area contributed by atoms with Crippen LogP contribution >= 0.6 is 11.8 Å². The van der Waals surface area contributed by atoms with Gasteiger partial charge in [-0.25, -0.2) is 9.36 Å². The molecule has 9 nitrogen and oxygen atoms in total. The van der Waals surface area contributed by atoms with Gasteiger partial charge in [-0.3, -0.25) is 14.4 Å². The second-order valence-corrected chi connectivity index (χ2v) is 12.1. The van der Waals surface area contributed by atoms with Crippen molar-refractivity contribution in [1.82, 2.24) is 15.5 Å². The molecule has 3 aromatic rings. The smallest absolute Gasteiger partial charge is 0.330 e. The van der Waals surface area contributed by atoms with E-state index in [2.05, 4.69) is 10.6 Å². The molecule has 39 heavy (non-hydrogen) atoms. The van der Waals surface area contributed by atoms with Gasteiger partial charge < -0.3 is 20.3 Å². The molecule has 1 aromatic heterocycles. The minimum atomic E-state index is -0.782. The maximum Gasteiger partial charge on any atom is 0.330 e. The first-order valence-electron chi connectivity index (χ1n) is 12.8. The van der Waals surface area contributed by atoms with Gasteiger partial charge in [-0.05, 0) is 25.5 Å². The molecule has 2 aromatic carbocycles. The molecule has 3 atom stereocenters. The van der Waals surface area contributed by atoms with Crippen LogP contribution in [0.1, 0.15) is 29.8 Å². The normalized spacial score (nSPS) is 21.2. The molecule has 0 bridgehead atoms. The molecule has 0 radical (unpaired) electrons. The lowest BCUT2D eigenvalue weighted by molar-refractivity contribution is -0.670. The van der Waals surface area contributed by atoms with Gasteiger partial charge in [0.05, 0.1) is 13.0 Å². The van der Waals surface area contributed by atoms with E-state index in [1.54, 1.807) is 6.20 Å². The summed E-state index contributed by atoms with van der Waals surface area (Å²) < 4.78 is 6.73. The Labute approximate surface area is 230 Å². The van der Waals surface area contributed by atoms with Crippen LogP contribution in [0.25, 0.3) is 10.8 Å². The van der Waals surface area contributed by atoms with E-state index in [1.165, 1.54) is 16.7 Å². The molecule has 2 fully saturated rings. The lowest BCUT2D eigenvalue weighted by atomic mass is 9.96. The summed E-state index contributed by atoms with van der Waals surface area (Å²) in [6, 6.07) is 15.5. The zero-order valence-corrected chi connectivity index (χ0v) is 22.9. The zero-order valence-electron chi connectivity index (χ0n) is 22.0. The Bertz CT molecular complexity index is 1440. The Morgan fingerprint density at radius 2 is 1.77 bits per heavy atom. The molecular formula is C29H31N4O5S+. The van der Waals surface area contributed by atoms with Crippen molar-refractivity contribution in [3.8, 4) is 0 Å². The third kappa shape index (κ3) is 5.34. The van der Waals surface area contributed by atoms with E-state index in [9.17, 15) is 19.2 Å². The van der Waals surface area contributed by atoms with E-state index in [4.69, 9.17) is 4.74 Å². The van der Waals surface area contributed by atoms with Gasteiger partial charge in [0.25, 0.3) is 5.91 Å². The maximum absolute atomic E-state index is 13.1. The first kappa shape index (κ1) is 26.7. The van der Waals surface area contributed by atoms with E-state index in [0.29, 0.717) is 5.56 Å². The molecule has 10 heteroatoms. The van der Waals surface area contributed by atoms with Crippen molar-refractivity contribution < 1.29 is 28.5 Å². The highest BCUT2D eigenvalue weighted by Gasteiger charge is 2.64. The summed E-state index contributed by atoms with van der Waals surface area (Å²) in [5.41, 5.74) is 1.39. The predicted molar refractivity (Wildman–Crippen MR) is 147 cm³/mol. The van der Waals surface area contributed by atoms with E-state index >= 15 is 0 Å². The Kier molecular flexibility index (Phi) is 7.31. The summed E-state index contributed by atoms with van der Waals surface area (Å²) in [7, 11) is 1.86. The van der Waals surface area contributed by atoms with E-state index in [0.717, 1.165) is 16.3 Å². The van der Waals surface area contributed by atoms with Crippen molar-refractivity contribution in [3.63, 3.8) is 0 Å². The van der Waals surface area contributed by atoms with Crippen molar-refractivity contribution in [3.05, 3.63) is 78.1 Å². The number of nitrogens with zero attached hydrogens (tertiary/aromatic N) is 2.